The first-order valence-electron chi connectivity index (χ1n) is 6.24. The van der Waals surface area contributed by atoms with Crippen molar-refractivity contribution >= 4 is 26.2 Å². The minimum absolute atomic E-state index is 0.142. The molecule has 22 heavy (non-hydrogen) atoms. The fourth-order valence-electron chi connectivity index (χ4n) is 2.30. The molecule has 7 heteroatoms. The molecule has 1 atom stereocenters. The van der Waals surface area contributed by atoms with E-state index in [9.17, 15) is 23.3 Å². The molecule has 0 saturated carbocycles. The van der Waals surface area contributed by atoms with E-state index in [1.807, 2.05) is 0 Å². The van der Waals surface area contributed by atoms with Crippen molar-refractivity contribution in [2.45, 2.75) is 5.51 Å². The Morgan fingerprint density at radius 2 is 1.64 bits per heavy atom. The van der Waals surface area contributed by atoms with E-state index in [1.54, 1.807) is 18.2 Å². The highest BCUT2D eigenvalue weighted by Crippen LogP contribution is 2.54. The van der Waals surface area contributed by atoms with Gasteiger partial charge in [-0.2, -0.15) is 0 Å². The van der Waals surface area contributed by atoms with Crippen LogP contribution in [-0.4, -0.2) is 4.92 Å². The molecule has 0 N–H and O–H groups in total. The average Bonchev–Trinajstić information content (AvgIpc) is 2.86. The first kappa shape index (κ1) is 14.5. The zero-order chi connectivity index (χ0) is 15.9. The molecule has 2 aromatic carbocycles. The molecule has 3 aromatic rings. The minimum atomic E-state index is -4.39. The lowest BCUT2D eigenvalue weighted by Gasteiger charge is -2.00. The summed E-state index contributed by atoms with van der Waals surface area (Å²) in [6.07, 6.45) is 0. The van der Waals surface area contributed by atoms with Gasteiger partial charge in [0, 0.05) is 29.1 Å². The number of halogens is 3. The summed E-state index contributed by atoms with van der Waals surface area (Å²) in [7, 11) is -2.03. The number of alkyl halides is 3. The van der Waals surface area contributed by atoms with Gasteiger partial charge in [0.05, 0.1) is 4.92 Å². The summed E-state index contributed by atoms with van der Waals surface area (Å²) < 4.78 is 40.6. The summed E-state index contributed by atoms with van der Waals surface area (Å²) in [6.45, 7) is 0. The van der Waals surface area contributed by atoms with Gasteiger partial charge in [0.15, 0.2) is 9.58 Å². The Bertz CT molecular complexity index is 853. The Labute approximate surface area is 125 Å². The maximum absolute atomic E-state index is 13.4. The topological polar surface area (TPSA) is 43.1 Å². The second-order valence-electron chi connectivity index (χ2n) is 4.60. The zero-order valence-corrected chi connectivity index (χ0v) is 11.8. The molecule has 0 aliphatic rings. The molecule has 0 amide bonds. The van der Waals surface area contributed by atoms with Crippen molar-refractivity contribution in [3.63, 3.8) is 0 Å². The van der Waals surface area contributed by atoms with Gasteiger partial charge in [0.2, 0.25) is 0 Å². The molecular formula is C15H9F3NO2S+. The van der Waals surface area contributed by atoms with Crippen molar-refractivity contribution in [1.82, 2.24) is 0 Å². The maximum atomic E-state index is 13.4. The molecule has 1 unspecified atom stereocenters. The van der Waals surface area contributed by atoms with Crippen LogP contribution in [0.3, 0.4) is 0 Å². The molecule has 112 valence electrons. The Kier molecular flexibility index (Phi) is 3.37. The number of thiophene rings is 1. The van der Waals surface area contributed by atoms with E-state index in [4.69, 9.17) is 0 Å². The van der Waals surface area contributed by atoms with E-state index in [-0.39, 0.29) is 15.3 Å². The molecule has 0 saturated heterocycles. The predicted octanol–water partition coefficient (Wildman–Crippen LogP) is 5.64. The van der Waals surface area contributed by atoms with Gasteiger partial charge in [0.25, 0.3) is 5.69 Å². The quantitative estimate of drug-likeness (QED) is 0.348. The second-order valence-corrected chi connectivity index (χ2v) is 6.56. The standard InChI is InChI=1S/C15H9F3NO2S/c16-15(17,18)22-13-4-2-1-3-11(13)9-14(22)10-5-7-12(8-6-10)19(20)21/h1-9H/q+1. The highest BCUT2D eigenvalue weighted by atomic mass is 32.2. The number of benzene rings is 2. The Hall–Kier alpha value is -2.41. The molecule has 3 nitrogen and oxygen atoms in total. The van der Waals surface area contributed by atoms with Crippen molar-refractivity contribution in [3.05, 3.63) is 64.7 Å². The molecule has 1 heterocycles. The normalized spacial score (nSPS) is 12.6. The van der Waals surface area contributed by atoms with Crippen molar-refractivity contribution in [1.29, 1.82) is 0 Å². The summed E-state index contributed by atoms with van der Waals surface area (Å²) in [5, 5.41) is 11.2. The van der Waals surface area contributed by atoms with Gasteiger partial charge in [-0.25, -0.2) is 0 Å². The van der Waals surface area contributed by atoms with Crippen molar-refractivity contribution in [2.75, 3.05) is 0 Å². The highest BCUT2D eigenvalue weighted by molar-refractivity contribution is 7.41. The number of hydrogen-bond acceptors (Lipinski definition) is 2. The molecule has 0 spiro atoms. The van der Waals surface area contributed by atoms with Crippen LogP contribution in [0.1, 0.15) is 0 Å². The summed E-state index contributed by atoms with van der Waals surface area (Å²) in [5.41, 5.74) is -4.19. The summed E-state index contributed by atoms with van der Waals surface area (Å²) in [5.74, 6) is 0. The van der Waals surface area contributed by atoms with Gasteiger partial charge in [-0.1, -0.05) is 12.1 Å². The fourth-order valence-corrected chi connectivity index (χ4v) is 4.23. The minimum Gasteiger partial charge on any atom is -0.258 e. The third-order valence-corrected chi connectivity index (χ3v) is 5.31. The molecule has 0 aliphatic heterocycles. The van der Waals surface area contributed by atoms with E-state index in [0.29, 0.717) is 10.9 Å². The van der Waals surface area contributed by atoms with E-state index in [2.05, 4.69) is 0 Å². The maximum Gasteiger partial charge on any atom is 0.601 e. The van der Waals surface area contributed by atoms with Crippen LogP contribution >= 0.6 is 10.5 Å². The van der Waals surface area contributed by atoms with Crippen LogP contribution < -0.4 is 0 Å². The van der Waals surface area contributed by atoms with Gasteiger partial charge >= 0.3 is 5.51 Å². The largest absolute Gasteiger partial charge is 0.601 e. The number of nitro groups is 1. The smallest absolute Gasteiger partial charge is 0.258 e. The number of non-ortho nitro benzene ring substituents is 1. The first-order valence-corrected chi connectivity index (χ1v) is 7.47. The van der Waals surface area contributed by atoms with Gasteiger partial charge in [-0.15, -0.1) is 13.2 Å². The molecule has 0 fully saturated rings. The van der Waals surface area contributed by atoms with Crippen LogP contribution in [0.2, 0.25) is 0 Å². The zero-order valence-electron chi connectivity index (χ0n) is 11.0. The lowest BCUT2D eigenvalue weighted by molar-refractivity contribution is -0.384. The molecular weight excluding hydrogens is 315 g/mol. The number of nitrogens with zero attached hydrogens (tertiary/aromatic N) is 1. The van der Waals surface area contributed by atoms with E-state index in [1.165, 1.54) is 36.4 Å². The van der Waals surface area contributed by atoms with E-state index >= 15 is 0 Å². The van der Waals surface area contributed by atoms with E-state index in [0.717, 1.165) is 0 Å². The van der Waals surface area contributed by atoms with Gasteiger partial charge < -0.3 is 0 Å². The number of hydrogen-bond donors (Lipinski definition) is 0. The lowest BCUT2D eigenvalue weighted by Crippen LogP contribution is -1.96. The number of fused-ring (bicyclic) bond motifs is 1. The van der Waals surface area contributed by atoms with Gasteiger partial charge in [0.1, 0.15) is 10.5 Å². The summed E-state index contributed by atoms with van der Waals surface area (Å²) in [6, 6.07) is 13.0. The van der Waals surface area contributed by atoms with Crippen molar-refractivity contribution < 1.29 is 18.1 Å². The number of nitro benzene ring substituents is 1. The molecule has 1 aromatic heterocycles. The van der Waals surface area contributed by atoms with Crippen LogP contribution in [0.5, 0.6) is 0 Å². The molecule has 3 rings (SSSR count). The SMILES string of the molecule is O=[N+]([O-])c1ccc(-c2cc3ccccc3[s+]2C(F)(F)F)cc1. The first-order chi connectivity index (χ1) is 10.4. The van der Waals surface area contributed by atoms with Crippen LogP contribution in [0.25, 0.3) is 20.5 Å². The molecule has 0 bridgehead atoms. The van der Waals surface area contributed by atoms with Crippen molar-refractivity contribution in [2.24, 2.45) is 0 Å². The van der Waals surface area contributed by atoms with E-state index < -0.39 is 20.9 Å². The monoisotopic (exact) mass is 324 g/mol. The van der Waals surface area contributed by atoms with Gasteiger partial charge in [-0.05, 0) is 24.3 Å². The third kappa shape index (κ3) is 2.43. The summed E-state index contributed by atoms with van der Waals surface area (Å²) >= 11 is 0. The summed E-state index contributed by atoms with van der Waals surface area (Å²) in [4.78, 5) is 10.2. The fraction of sp³-hybridized carbons (Fsp3) is 0.0667. The van der Waals surface area contributed by atoms with Crippen LogP contribution in [0.15, 0.2) is 54.6 Å². The van der Waals surface area contributed by atoms with Crippen LogP contribution in [0, 0.1) is 10.1 Å². The molecule has 0 aliphatic carbocycles. The third-order valence-electron chi connectivity index (χ3n) is 3.24. The van der Waals surface area contributed by atoms with Gasteiger partial charge in [-0.3, -0.25) is 10.1 Å². The lowest BCUT2D eigenvalue weighted by atomic mass is 10.1. The van der Waals surface area contributed by atoms with Crippen LogP contribution in [0.4, 0.5) is 18.9 Å². The number of rotatable bonds is 2. The van der Waals surface area contributed by atoms with Crippen molar-refractivity contribution in [3.8, 4) is 10.4 Å². The Morgan fingerprint density at radius 3 is 2.23 bits per heavy atom. The second kappa shape index (κ2) is 5.10. The van der Waals surface area contributed by atoms with Crippen LogP contribution in [-0.2, 0) is 5.51 Å². The molecule has 0 radical (unpaired) electrons. The Morgan fingerprint density at radius 1 is 1.00 bits per heavy atom. The Balaban J connectivity index is 2.24. The highest BCUT2D eigenvalue weighted by Gasteiger charge is 2.48. The average molecular weight is 324 g/mol. The predicted molar refractivity (Wildman–Crippen MR) is 79.8 cm³/mol.